The van der Waals surface area contributed by atoms with E-state index < -0.39 is 0 Å². The van der Waals surface area contributed by atoms with Crippen molar-refractivity contribution in [1.82, 2.24) is 0 Å². The SMILES string of the molecule is COC1=CCC(C)C=C1F. The van der Waals surface area contributed by atoms with E-state index in [0.29, 0.717) is 11.7 Å². The summed E-state index contributed by atoms with van der Waals surface area (Å²) in [5.41, 5.74) is 0. The van der Waals surface area contributed by atoms with Crippen LogP contribution >= 0.6 is 0 Å². The third kappa shape index (κ3) is 1.38. The van der Waals surface area contributed by atoms with Crippen LogP contribution in [0.15, 0.2) is 23.7 Å². The molecular formula is C8H11FO. The zero-order valence-electron chi connectivity index (χ0n) is 6.23. The average molecular weight is 142 g/mol. The van der Waals surface area contributed by atoms with Crippen LogP contribution in [-0.2, 0) is 4.74 Å². The Hall–Kier alpha value is -0.790. The van der Waals surface area contributed by atoms with E-state index in [1.165, 1.54) is 7.11 Å². The van der Waals surface area contributed by atoms with Crippen LogP contribution in [0.4, 0.5) is 4.39 Å². The third-order valence-electron chi connectivity index (χ3n) is 1.56. The van der Waals surface area contributed by atoms with E-state index in [0.717, 1.165) is 6.42 Å². The Balaban J connectivity index is 2.71. The summed E-state index contributed by atoms with van der Waals surface area (Å²) in [6, 6.07) is 0. The van der Waals surface area contributed by atoms with Crippen LogP contribution in [0.3, 0.4) is 0 Å². The number of hydrogen-bond donors (Lipinski definition) is 0. The summed E-state index contributed by atoms with van der Waals surface area (Å²) in [6.07, 6.45) is 4.23. The molecule has 0 radical (unpaired) electrons. The molecule has 0 saturated carbocycles. The molecule has 10 heavy (non-hydrogen) atoms. The Morgan fingerprint density at radius 1 is 1.70 bits per heavy atom. The minimum Gasteiger partial charge on any atom is -0.494 e. The first-order valence-electron chi connectivity index (χ1n) is 3.36. The van der Waals surface area contributed by atoms with Gasteiger partial charge in [0.05, 0.1) is 7.11 Å². The normalized spacial score (nSPS) is 25.3. The quantitative estimate of drug-likeness (QED) is 0.546. The monoisotopic (exact) mass is 142 g/mol. The molecule has 1 unspecified atom stereocenters. The predicted octanol–water partition coefficient (Wildman–Crippen LogP) is 2.41. The summed E-state index contributed by atoms with van der Waals surface area (Å²) in [4.78, 5) is 0. The second-order valence-corrected chi connectivity index (χ2v) is 2.50. The van der Waals surface area contributed by atoms with Gasteiger partial charge < -0.3 is 4.74 Å². The van der Waals surface area contributed by atoms with E-state index in [4.69, 9.17) is 4.74 Å². The standard InChI is InChI=1S/C8H11FO/c1-6-3-4-8(10-2)7(9)5-6/h4-6H,3H2,1-2H3. The molecule has 0 saturated heterocycles. The summed E-state index contributed by atoms with van der Waals surface area (Å²) in [5, 5.41) is 0. The molecule has 0 aromatic rings. The summed E-state index contributed by atoms with van der Waals surface area (Å²) in [6.45, 7) is 1.97. The van der Waals surface area contributed by atoms with Gasteiger partial charge in [-0.25, -0.2) is 4.39 Å². The molecule has 1 aliphatic carbocycles. The maximum Gasteiger partial charge on any atom is 0.161 e. The van der Waals surface area contributed by atoms with E-state index in [-0.39, 0.29) is 5.83 Å². The zero-order chi connectivity index (χ0) is 7.56. The molecular weight excluding hydrogens is 131 g/mol. The molecule has 0 bridgehead atoms. The lowest BCUT2D eigenvalue weighted by atomic mass is 10.0. The van der Waals surface area contributed by atoms with Gasteiger partial charge in [0.25, 0.3) is 0 Å². The first kappa shape index (κ1) is 7.32. The van der Waals surface area contributed by atoms with Gasteiger partial charge >= 0.3 is 0 Å². The summed E-state index contributed by atoms with van der Waals surface area (Å²) in [5.74, 6) is 0.443. The second kappa shape index (κ2) is 2.86. The van der Waals surface area contributed by atoms with Crippen molar-refractivity contribution in [3.05, 3.63) is 23.7 Å². The Kier molecular flexibility index (Phi) is 2.10. The van der Waals surface area contributed by atoms with E-state index >= 15 is 0 Å². The number of allylic oxidation sites excluding steroid dienone is 3. The molecule has 0 N–H and O–H groups in total. The lowest BCUT2D eigenvalue weighted by Gasteiger charge is -2.12. The first-order valence-corrected chi connectivity index (χ1v) is 3.36. The number of hydrogen-bond acceptors (Lipinski definition) is 1. The van der Waals surface area contributed by atoms with Crippen molar-refractivity contribution in [2.45, 2.75) is 13.3 Å². The van der Waals surface area contributed by atoms with Crippen LogP contribution in [0.25, 0.3) is 0 Å². The molecule has 0 spiro atoms. The van der Waals surface area contributed by atoms with Crippen molar-refractivity contribution in [1.29, 1.82) is 0 Å². The predicted molar refractivity (Wildman–Crippen MR) is 38.1 cm³/mol. The van der Waals surface area contributed by atoms with Crippen LogP contribution in [0.5, 0.6) is 0 Å². The Bertz CT molecular complexity index is 182. The molecule has 1 rings (SSSR count). The van der Waals surface area contributed by atoms with Gasteiger partial charge in [-0.3, -0.25) is 0 Å². The fourth-order valence-corrected chi connectivity index (χ4v) is 0.971. The van der Waals surface area contributed by atoms with Crippen molar-refractivity contribution >= 4 is 0 Å². The van der Waals surface area contributed by atoms with Crippen LogP contribution in [0.1, 0.15) is 13.3 Å². The summed E-state index contributed by atoms with van der Waals surface area (Å²) < 4.78 is 17.5. The number of halogens is 1. The van der Waals surface area contributed by atoms with Crippen molar-refractivity contribution in [2.24, 2.45) is 5.92 Å². The van der Waals surface area contributed by atoms with Gasteiger partial charge in [-0.05, 0) is 24.5 Å². The largest absolute Gasteiger partial charge is 0.494 e. The lowest BCUT2D eigenvalue weighted by molar-refractivity contribution is 0.276. The van der Waals surface area contributed by atoms with E-state index in [9.17, 15) is 4.39 Å². The molecule has 1 nitrogen and oxygen atoms in total. The first-order chi connectivity index (χ1) is 4.74. The molecule has 56 valence electrons. The highest BCUT2D eigenvalue weighted by Crippen LogP contribution is 2.23. The van der Waals surface area contributed by atoms with Gasteiger partial charge in [0.2, 0.25) is 0 Å². The van der Waals surface area contributed by atoms with Crippen molar-refractivity contribution in [3.8, 4) is 0 Å². The molecule has 2 heteroatoms. The van der Waals surface area contributed by atoms with Crippen LogP contribution in [0, 0.1) is 5.92 Å². The van der Waals surface area contributed by atoms with Gasteiger partial charge in [-0.15, -0.1) is 0 Å². The van der Waals surface area contributed by atoms with E-state index in [1.54, 1.807) is 12.2 Å². The number of methoxy groups -OCH3 is 1. The van der Waals surface area contributed by atoms with Gasteiger partial charge in [-0.2, -0.15) is 0 Å². The van der Waals surface area contributed by atoms with Crippen molar-refractivity contribution < 1.29 is 9.13 Å². The molecule has 0 aliphatic heterocycles. The van der Waals surface area contributed by atoms with Crippen molar-refractivity contribution in [3.63, 3.8) is 0 Å². The Morgan fingerprint density at radius 2 is 2.40 bits per heavy atom. The third-order valence-corrected chi connectivity index (χ3v) is 1.56. The highest BCUT2D eigenvalue weighted by atomic mass is 19.1. The molecule has 0 aromatic heterocycles. The molecule has 1 atom stereocenters. The topological polar surface area (TPSA) is 9.23 Å². The maximum atomic E-state index is 12.8. The minimum atomic E-state index is -0.235. The fraction of sp³-hybridized carbons (Fsp3) is 0.500. The van der Waals surface area contributed by atoms with Crippen LogP contribution in [0.2, 0.25) is 0 Å². The van der Waals surface area contributed by atoms with E-state index in [1.807, 2.05) is 6.92 Å². The highest BCUT2D eigenvalue weighted by molar-refractivity contribution is 5.23. The summed E-state index contributed by atoms with van der Waals surface area (Å²) >= 11 is 0. The molecule has 0 heterocycles. The Labute approximate surface area is 60.2 Å². The van der Waals surface area contributed by atoms with Crippen LogP contribution < -0.4 is 0 Å². The minimum absolute atomic E-state index is 0.235. The molecule has 0 amide bonds. The molecule has 1 aliphatic rings. The Morgan fingerprint density at radius 3 is 2.90 bits per heavy atom. The smallest absolute Gasteiger partial charge is 0.161 e. The van der Waals surface area contributed by atoms with Gasteiger partial charge in [0, 0.05) is 0 Å². The van der Waals surface area contributed by atoms with Crippen LogP contribution in [-0.4, -0.2) is 7.11 Å². The lowest BCUT2D eigenvalue weighted by Crippen LogP contribution is -1.99. The second-order valence-electron chi connectivity index (χ2n) is 2.50. The molecule has 0 fully saturated rings. The van der Waals surface area contributed by atoms with Gasteiger partial charge in [0.15, 0.2) is 5.83 Å². The molecule has 0 aromatic carbocycles. The number of ether oxygens (including phenoxy) is 1. The van der Waals surface area contributed by atoms with Crippen molar-refractivity contribution in [2.75, 3.05) is 7.11 Å². The maximum absolute atomic E-state index is 12.8. The highest BCUT2D eigenvalue weighted by Gasteiger charge is 2.11. The summed E-state index contributed by atoms with van der Waals surface area (Å²) in [7, 11) is 1.48. The number of rotatable bonds is 1. The van der Waals surface area contributed by atoms with Gasteiger partial charge in [-0.1, -0.05) is 6.92 Å². The average Bonchev–Trinajstić information content (AvgIpc) is 1.88. The fourth-order valence-electron chi connectivity index (χ4n) is 0.971. The van der Waals surface area contributed by atoms with E-state index in [2.05, 4.69) is 0 Å². The zero-order valence-corrected chi connectivity index (χ0v) is 6.23. The van der Waals surface area contributed by atoms with Gasteiger partial charge in [0.1, 0.15) is 5.76 Å².